The molecular formula is C15H23ClN2O4S. The third kappa shape index (κ3) is 3.74. The fourth-order valence-corrected chi connectivity index (χ4v) is 4.44. The van der Waals surface area contributed by atoms with Crippen LogP contribution in [-0.2, 0) is 10.0 Å². The maximum Gasteiger partial charge on any atom is 0.246 e. The molecule has 0 amide bonds. The average molecular weight is 363 g/mol. The van der Waals surface area contributed by atoms with Crippen molar-refractivity contribution in [1.29, 1.82) is 0 Å². The lowest BCUT2D eigenvalue weighted by Gasteiger charge is -2.36. The Morgan fingerprint density at radius 3 is 2.09 bits per heavy atom. The summed E-state index contributed by atoms with van der Waals surface area (Å²) in [5, 5.41) is 0.313. The van der Waals surface area contributed by atoms with Crippen LogP contribution in [0.2, 0.25) is 5.02 Å². The highest BCUT2D eigenvalue weighted by molar-refractivity contribution is 7.89. The van der Waals surface area contributed by atoms with Gasteiger partial charge in [0.1, 0.15) is 16.4 Å². The van der Waals surface area contributed by atoms with E-state index in [1.807, 2.05) is 0 Å². The van der Waals surface area contributed by atoms with Crippen molar-refractivity contribution in [2.75, 3.05) is 40.4 Å². The number of hydrogen-bond donors (Lipinski definition) is 0. The van der Waals surface area contributed by atoms with Gasteiger partial charge in [0.05, 0.1) is 19.2 Å². The summed E-state index contributed by atoms with van der Waals surface area (Å²) in [7, 11) is -0.786. The average Bonchev–Trinajstić information content (AvgIpc) is 2.54. The summed E-state index contributed by atoms with van der Waals surface area (Å²) in [6.45, 7) is 6.55. The van der Waals surface area contributed by atoms with Crippen molar-refractivity contribution in [3.8, 4) is 11.5 Å². The predicted molar refractivity (Wildman–Crippen MR) is 90.0 cm³/mol. The summed E-state index contributed by atoms with van der Waals surface area (Å²) in [5.41, 5.74) is 0. The second kappa shape index (κ2) is 7.25. The number of halogens is 1. The van der Waals surface area contributed by atoms with Crippen LogP contribution < -0.4 is 9.47 Å². The molecule has 6 nitrogen and oxygen atoms in total. The van der Waals surface area contributed by atoms with E-state index in [1.54, 1.807) is 0 Å². The van der Waals surface area contributed by atoms with Gasteiger partial charge in [0.2, 0.25) is 10.0 Å². The topological polar surface area (TPSA) is 59.1 Å². The fraction of sp³-hybridized carbons (Fsp3) is 0.600. The number of rotatable bonds is 5. The number of sulfonamides is 1. The van der Waals surface area contributed by atoms with Crippen molar-refractivity contribution in [2.24, 2.45) is 0 Å². The van der Waals surface area contributed by atoms with Crippen molar-refractivity contribution in [3.05, 3.63) is 17.2 Å². The zero-order chi connectivity index (χ0) is 17.2. The molecule has 0 saturated carbocycles. The van der Waals surface area contributed by atoms with E-state index in [4.69, 9.17) is 21.1 Å². The molecule has 0 aliphatic carbocycles. The first-order valence-corrected chi connectivity index (χ1v) is 9.28. The predicted octanol–water partition coefficient (Wildman–Crippen LogP) is 2.07. The summed E-state index contributed by atoms with van der Waals surface area (Å²) >= 11 is 6.05. The number of hydrogen-bond acceptors (Lipinski definition) is 5. The van der Waals surface area contributed by atoms with E-state index in [1.165, 1.54) is 30.7 Å². The van der Waals surface area contributed by atoms with E-state index in [9.17, 15) is 8.42 Å². The van der Waals surface area contributed by atoms with Crippen LogP contribution in [0.4, 0.5) is 0 Å². The van der Waals surface area contributed by atoms with Gasteiger partial charge in [0.15, 0.2) is 0 Å². The van der Waals surface area contributed by atoms with E-state index in [0.717, 1.165) is 0 Å². The summed E-state index contributed by atoms with van der Waals surface area (Å²) in [5.74, 6) is 0.536. The normalized spacial score (nSPS) is 17.5. The first kappa shape index (κ1) is 18.3. The van der Waals surface area contributed by atoms with Gasteiger partial charge in [-0.2, -0.15) is 4.31 Å². The Morgan fingerprint density at radius 1 is 1.04 bits per heavy atom. The lowest BCUT2D eigenvalue weighted by Crippen LogP contribution is -2.50. The standard InChI is InChI=1S/C15H23ClN2O4S/c1-11(2)17-5-7-18(8-6-17)23(19,20)15-10-13(21-3)12(16)9-14(15)22-4/h9-11H,5-8H2,1-4H3. The molecule has 0 radical (unpaired) electrons. The summed E-state index contributed by atoms with van der Waals surface area (Å²) in [4.78, 5) is 2.34. The Bertz CT molecular complexity index is 656. The molecule has 1 fully saturated rings. The van der Waals surface area contributed by atoms with E-state index in [2.05, 4.69) is 18.7 Å². The molecule has 1 aromatic carbocycles. The molecule has 1 heterocycles. The Balaban J connectivity index is 2.33. The van der Waals surface area contributed by atoms with Gasteiger partial charge in [0, 0.05) is 44.4 Å². The molecule has 1 aliphatic rings. The minimum atomic E-state index is -3.66. The Labute approximate surface area is 143 Å². The third-order valence-corrected chi connectivity index (χ3v) is 6.27. The SMILES string of the molecule is COc1cc(S(=O)(=O)N2CCN(C(C)C)CC2)c(OC)cc1Cl. The highest BCUT2D eigenvalue weighted by atomic mass is 35.5. The monoisotopic (exact) mass is 362 g/mol. The molecule has 2 rings (SSSR count). The summed E-state index contributed by atoms with van der Waals surface area (Å²) < 4.78 is 37.7. The Morgan fingerprint density at radius 2 is 1.61 bits per heavy atom. The number of nitrogens with zero attached hydrogens (tertiary/aromatic N) is 2. The van der Waals surface area contributed by atoms with Gasteiger partial charge in [-0.3, -0.25) is 4.90 Å². The largest absolute Gasteiger partial charge is 0.495 e. The summed E-state index contributed by atoms with van der Waals surface area (Å²) in [6, 6.07) is 3.30. The highest BCUT2D eigenvalue weighted by Crippen LogP contribution is 2.36. The maximum absolute atomic E-state index is 13.0. The van der Waals surface area contributed by atoms with Crippen LogP contribution in [0.15, 0.2) is 17.0 Å². The van der Waals surface area contributed by atoms with Gasteiger partial charge >= 0.3 is 0 Å². The third-order valence-electron chi connectivity index (χ3n) is 4.06. The molecule has 0 bridgehead atoms. The molecule has 0 unspecified atom stereocenters. The molecule has 1 saturated heterocycles. The van der Waals surface area contributed by atoms with Gasteiger partial charge < -0.3 is 9.47 Å². The number of benzene rings is 1. The Kier molecular flexibility index (Phi) is 5.78. The summed E-state index contributed by atoms with van der Waals surface area (Å²) in [6.07, 6.45) is 0. The molecule has 1 aromatic rings. The lowest BCUT2D eigenvalue weighted by molar-refractivity contribution is 0.154. The molecular weight excluding hydrogens is 340 g/mol. The van der Waals surface area contributed by atoms with Gasteiger partial charge in [-0.15, -0.1) is 0 Å². The smallest absolute Gasteiger partial charge is 0.246 e. The second-order valence-corrected chi connectivity index (χ2v) is 7.98. The maximum atomic E-state index is 13.0. The number of methoxy groups -OCH3 is 2. The zero-order valence-corrected chi connectivity index (χ0v) is 15.4. The van der Waals surface area contributed by atoms with Crippen LogP contribution in [0.25, 0.3) is 0 Å². The van der Waals surface area contributed by atoms with Crippen LogP contribution >= 0.6 is 11.6 Å². The minimum Gasteiger partial charge on any atom is -0.495 e. The van der Waals surface area contributed by atoms with Gasteiger partial charge in [0.25, 0.3) is 0 Å². The van der Waals surface area contributed by atoms with Gasteiger partial charge in [-0.25, -0.2) is 8.42 Å². The van der Waals surface area contributed by atoms with Crippen LogP contribution in [0.5, 0.6) is 11.5 Å². The van der Waals surface area contributed by atoms with Crippen molar-refractivity contribution in [1.82, 2.24) is 9.21 Å². The Hall–Kier alpha value is -1.02. The van der Waals surface area contributed by atoms with Gasteiger partial charge in [-0.1, -0.05) is 11.6 Å². The molecule has 0 atom stereocenters. The lowest BCUT2D eigenvalue weighted by atomic mass is 10.3. The van der Waals surface area contributed by atoms with Crippen molar-refractivity contribution >= 4 is 21.6 Å². The van der Waals surface area contributed by atoms with Crippen molar-refractivity contribution < 1.29 is 17.9 Å². The zero-order valence-electron chi connectivity index (χ0n) is 13.9. The van der Waals surface area contributed by atoms with Crippen LogP contribution in [0, 0.1) is 0 Å². The van der Waals surface area contributed by atoms with E-state index in [0.29, 0.717) is 43.0 Å². The molecule has 0 aromatic heterocycles. The molecule has 23 heavy (non-hydrogen) atoms. The van der Waals surface area contributed by atoms with E-state index < -0.39 is 10.0 Å². The fourth-order valence-electron chi connectivity index (χ4n) is 2.63. The first-order chi connectivity index (χ1) is 10.8. The number of piperazine rings is 1. The van der Waals surface area contributed by atoms with E-state index in [-0.39, 0.29) is 10.6 Å². The molecule has 0 spiro atoms. The molecule has 8 heteroatoms. The van der Waals surface area contributed by atoms with E-state index >= 15 is 0 Å². The van der Waals surface area contributed by atoms with Crippen molar-refractivity contribution in [2.45, 2.75) is 24.8 Å². The molecule has 130 valence electrons. The van der Waals surface area contributed by atoms with Crippen LogP contribution in [-0.4, -0.2) is 64.1 Å². The van der Waals surface area contributed by atoms with Crippen LogP contribution in [0.3, 0.4) is 0 Å². The van der Waals surface area contributed by atoms with Crippen LogP contribution in [0.1, 0.15) is 13.8 Å². The minimum absolute atomic E-state index is 0.0826. The van der Waals surface area contributed by atoms with Gasteiger partial charge in [-0.05, 0) is 13.8 Å². The second-order valence-electron chi connectivity index (χ2n) is 5.67. The highest BCUT2D eigenvalue weighted by Gasteiger charge is 2.32. The van der Waals surface area contributed by atoms with Crippen molar-refractivity contribution in [3.63, 3.8) is 0 Å². The quantitative estimate of drug-likeness (QED) is 0.802. The first-order valence-electron chi connectivity index (χ1n) is 7.47. The number of ether oxygens (including phenoxy) is 2. The molecule has 0 N–H and O–H groups in total. The molecule has 1 aliphatic heterocycles.